The topological polar surface area (TPSA) is 116 Å². The maximum absolute atomic E-state index is 12.8. The molecule has 1 unspecified atom stereocenters. The molecule has 1 atom stereocenters. The molecular weight excluding hydrogens is 384 g/mol. The van der Waals surface area contributed by atoms with Gasteiger partial charge < -0.3 is 24.2 Å². The summed E-state index contributed by atoms with van der Waals surface area (Å²) >= 11 is -2.64. The molecule has 3 aromatic carbocycles. The number of esters is 1. The van der Waals surface area contributed by atoms with Crippen LogP contribution in [0.4, 0.5) is 0 Å². The molecular formula is C20H11O7S-. The molecule has 0 fully saturated rings. The van der Waals surface area contributed by atoms with E-state index in [2.05, 4.69) is 0 Å². The number of benzene rings is 3. The zero-order chi connectivity index (χ0) is 19.6. The molecule has 0 radical (unpaired) electrons. The monoisotopic (exact) mass is 395 g/mol. The first kappa shape index (κ1) is 16.8. The SMILES string of the molecule is O=C1OC2(c3ccc(O)cc3Oc3cc(O)ccc32)c2cccc(S(=O)[O-])c21. The molecule has 7 nitrogen and oxygen atoms in total. The van der Waals surface area contributed by atoms with E-state index in [0.29, 0.717) is 16.7 Å². The predicted octanol–water partition coefficient (Wildman–Crippen LogP) is 2.90. The predicted molar refractivity (Wildman–Crippen MR) is 95.2 cm³/mol. The summed E-state index contributed by atoms with van der Waals surface area (Å²) in [6, 6.07) is 13.2. The number of fused-ring (bicyclic) bond motifs is 6. The summed E-state index contributed by atoms with van der Waals surface area (Å²) in [4.78, 5) is 12.6. The Kier molecular flexibility index (Phi) is 3.34. The average Bonchev–Trinajstić information content (AvgIpc) is 2.95. The lowest BCUT2D eigenvalue weighted by molar-refractivity contribution is 0.0222. The van der Waals surface area contributed by atoms with Crippen molar-refractivity contribution in [1.82, 2.24) is 0 Å². The number of phenols is 2. The van der Waals surface area contributed by atoms with Crippen LogP contribution >= 0.6 is 0 Å². The van der Waals surface area contributed by atoms with Crippen molar-refractivity contribution >= 4 is 17.0 Å². The van der Waals surface area contributed by atoms with Crippen molar-refractivity contribution in [2.45, 2.75) is 10.5 Å². The fourth-order valence-corrected chi connectivity index (χ4v) is 4.40. The molecule has 0 amide bonds. The van der Waals surface area contributed by atoms with Gasteiger partial charge in [0.25, 0.3) is 0 Å². The number of carbonyl (C=O) groups is 1. The van der Waals surface area contributed by atoms with E-state index < -0.39 is 22.7 Å². The first-order valence-corrected chi connectivity index (χ1v) is 9.30. The minimum Gasteiger partial charge on any atom is -0.768 e. The van der Waals surface area contributed by atoms with Crippen molar-refractivity contribution in [3.8, 4) is 23.0 Å². The van der Waals surface area contributed by atoms with Gasteiger partial charge in [-0.25, -0.2) is 4.79 Å². The second-order valence-corrected chi connectivity index (χ2v) is 7.36. The van der Waals surface area contributed by atoms with E-state index in [1.54, 1.807) is 18.2 Å². The van der Waals surface area contributed by atoms with Crippen LogP contribution in [0.15, 0.2) is 59.5 Å². The third-order valence-electron chi connectivity index (χ3n) is 4.94. The summed E-state index contributed by atoms with van der Waals surface area (Å²) in [5.41, 5.74) is -0.294. The Morgan fingerprint density at radius 3 is 2.07 bits per heavy atom. The van der Waals surface area contributed by atoms with E-state index in [-0.39, 0.29) is 33.5 Å². The molecule has 28 heavy (non-hydrogen) atoms. The number of hydrogen-bond donors (Lipinski definition) is 2. The van der Waals surface area contributed by atoms with Gasteiger partial charge in [-0.05, 0) is 41.4 Å². The Morgan fingerprint density at radius 2 is 1.50 bits per heavy atom. The largest absolute Gasteiger partial charge is 0.768 e. The van der Waals surface area contributed by atoms with E-state index >= 15 is 0 Å². The highest BCUT2D eigenvalue weighted by Crippen LogP contribution is 2.57. The molecule has 140 valence electrons. The third kappa shape index (κ3) is 2.07. The number of ether oxygens (including phenoxy) is 2. The van der Waals surface area contributed by atoms with Gasteiger partial charge in [0.05, 0.1) is 5.56 Å². The Bertz CT molecular complexity index is 1150. The van der Waals surface area contributed by atoms with Gasteiger partial charge in [0, 0.05) is 33.7 Å². The van der Waals surface area contributed by atoms with Gasteiger partial charge in [0.2, 0.25) is 0 Å². The van der Waals surface area contributed by atoms with E-state index in [1.165, 1.54) is 36.4 Å². The maximum Gasteiger partial charge on any atom is 0.341 e. The summed E-state index contributed by atoms with van der Waals surface area (Å²) in [5, 5.41) is 19.7. The Morgan fingerprint density at radius 1 is 0.893 bits per heavy atom. The lowest BCUT2D eigenvalue weighted by atomic mass is 9.77. The summed E-state index contributed by atoms with van der Waals surface area (Å²) in [6.45, 7) is 0. The van der Waals surface area contributed by atoms with Crippen LogP contribution in [-0.4, -0.2) is 24.9 Å². The second kappa shape index (κ2) is 5.57. The van der Waals surface area contributed by atoms with Crippen molar-refractivity contribution in [2.75, 3.05) is 0 Å². The summed E-state index contributed by atoms with van der Waals surface area (Å²) in [7, 11) is 0. The molecule has 1 spiro atoms. The van der Waals surface area contributed by atoms with Gasteiger partial charge >= 0.3 is 5.97 Å². The summed E-state index contributed by atoms with van der Waals surface area (Å²) < 4.78 is 35.0. The van der Waals surface area contributed by atoms with E-state index in [0.717, 1.165) is 0 Å². The van der Waals surface area contributed by atoms with E-state index in [4.69, 9.17) is 9.47 Å². The number of hydrogen-bond acceptors (Lipinski definition) is 7. The fourth-order valence-electron chi connectivity index (χ4n) is 3.86. The normalized spacial score (nSPS) is 16.5. The molecule has 2 aliphatic rings. The third-order valence-corrected chi connectivity index (χ3v) is 5.64. The van der Waals surface area contributed by atoms with Crippen LogP contribution in [-0.2, 0) is 21.4 Å². The maximum atomic E-state index is 12.8. The molecule has 5 rings (SSSR count). The minimum absolute atomic E-state index is 0.0456. The summed E-state index contributed by atoms with van der Waals surface area (Å²) in [5.74, 6) is -0.442. The highest BCUT2D eigenvalue weighted by atomic mass is 32.2. The molecule has 3 aromatic rings. The smallest absolute Gasteiger partial charge is 0.341 e. The van der Waals surface area contributed by atoms with Gasteiger partial charge in [0.15, 0.2) is 5.60 Å². The highest BCUT2D eigenvalue weighted by molar-refractivity contribution is 7.79. The molecule has 0 saturated carbocycles. The lowest BCUT2D eigenvalue weighted by Crippen LogP contribution is -2.32. The van der Waals surface area contributed by atoms with Gasteiger partial charge in [-0.15, -0.1) is 0 Å². The molecule has 2 N–H and O–H groups in total. The molecule has 8 heteroatoms. The average molecular weight is 395 g/mol. The first-order valence-electron chi connectivity index (χ1n) is 8.23. The molecule has 0 aromatic heterocycles. The van der Waals surface area contributed by atoms with Crippen LogP contribution in [0.5, 0.6) is 23.0 Å². The minimum atomic E-state index is -2.64. The first-order chi connectivity index (χ1) is 13.4. The van der Waals surface area contributed by atoms with Crippen LogP contribution < -0.4 is 4.74 Å². The zero-order valence-corrected chi connectivity index (χ0v) is 14.9. The van der Waals surface area contributed by atoms with Gasteiger partial charge in [-0.3, -0.25) is 4.21 Å². The van der Waals surface area contributed by atoms with Gasteiger partial charge in [0.1, 0.15) is 23.0 Å². The molecule has 0 bridgehead atoms. The molecule has 0 saturated heterocycles. The molecule has 2 heterocycles. The van der Waals surface area contributed by atoms with Crippen molar-refractivity contribution in [3.05, 3.63) is 76.9 Å². The van der Waals surface area contributed by atoms with Crippen molar-refractivity contribution in [2.24, 2.45) is 0 Å². The van der Waals surface area contributed by atoms with Crippen molar-refractivity contribution in [1.29, 1.82) is 0 Å². The number of phenolic OH excluding ortho intramolecular Hbond substituents is 2. The summed E-state index contributed by atoms with van der Waals surface area (Å²) in [6.07, 6.45) is 0. The Balaban J connectivity index is 1.91. The van der Waals surface area contributed by atoms with E-state index in [9.17, 15) is 23.8 Å². The van der Waals surface area contributed by atoms with Crippen molar-refractivity contribution < 1.29 is 33.2 Å². The van der Waals surface area contributed by atoms with Crippen molar-refractivity contribution in [3.63, 3.8) is 0 Å². The fraction of sp³-hybridized carbons (Fsp3) is 0.0500. The van der Waals surface area contributed by atoms with Crippen LogP contribution in [0.1, 0.15) is 27.0 Å². The standard InChI is InChI=1S/C20H12O7S/c21-10-4-6-12-15(8-10)26-16-9-11(22)5-7-13(16)20(12)14-2-1-3-17(28(24)25)18(14)19(23)27-20/h1-9,21-22H,(H,24,25)/p-1. The van der Waals surface area contributed by atoms with Crippen LogP contribution in [0, 0.1) is 0 Å². The second-order valence-electron chi connectivity index (χ2n) is 6.45. The number of aromatic hydroxyl groups is 2. The Hall–Kier alpha value is -3.36. The zero-order valence-electron chi connectivity index (χ0n) is 14.0. The van der Waals surface area contributed by atoms with Gasteiger partial charge in [-0.1, -0.05) is 12.1 Å². The highest BCUT2D eigenvalue weighted by Gasteiger charge is 2.54. The van der Waals surface area contributed by atoms with Crippen LogP contribution in [0.25, 0.3) is 0 Å². The lowest BCUT2D eigenvalue weighted by Gasteiger charge is -2.36. The molecule has 2 aliphatic heterocycles. The molecule has 0 aliphatic carbocycles. The van der Waals surface area contributed by atoms with Gasteiger partial charge in [-0.2, -0.15) is 0 Å². The Labute approximate surface area is 161 Å². The quantitative estimate of drug-likeness (QED) is 0.481. The number of carbonyl (C=O) groups excluding carboxylic acids is 1. The van der Waals surface area contributed by atoms with Crippen LogP contribution in [0.3, 0.4) is 0 Å². The number of rotatable bonds is 1. The van der Waals surface area contributed by atoms with Crippen LogP contribution in [0.2, 0.25) is 0 Å². The van der Waals surface area contributed by atoms with E-state index in [1.807, 2.05) is 0 Å².